The van der Waals surface area contributed by atoms with Crippen LogP contribution in [0.15, 0.2) is 60.7 Å². The Hall–Kier alpha value is -1.96. The van der Waals surface area contributed by atoms with Gasteiger partial charge in [-0.2, -0.15) is 0 Å². The number of benzene rings is 2. The first-order chi connectivity index (χ1) is 13.0. The molecule has 0 saturated heterocycles. The number of carboxylic acids is 1. The standard InChI is InChI=1S/C21H28O5SSi/c1-21(2,3)28(17-11-7-5-8-12-17,18-13-9-6-10-14-18)26-19(20(22)23)15-16-27(4,24)25/h5-14,19H,15-16H2,1-4H3,(H,22,23). The van der Waals surface area contributed by atoms with Crippen molar-refractivity contribution >= 4 is 34.5 Å². The molecular weight excluding hydrogens is 392 g/mol. The predicted octanol–water partition coefficient (Wildman–Crippen LogP) is 2.45. The SMILES string of the molecule is CC(C)(C)[Si](OC(CCS(C)(=O)=O)C(=O)O)(c1ccccc1)c1ccccc1. The average Bonchev–Trinajstić information content (AvgIpc) is 2.61. The van der Waals surface area contributed by atoms with E-state index in [4.69, 9.17) is 4.43 Å². The summed E-state index contributed by atoms with van der Waals surface area (Å²) in [6.07, 6.45) is -0.186. The normalized spacial score (nSPS) is 13.9. The van der Waals surface area contributed by atoms with Crippen LogP contribution < -0.4 is 10.4 Å². The minimum atomic E-state index is -3.30. The van der Waals surface area contributed by atoms with Crippen molar-refractivity contribution in [1.29, 1.82) is 0 Å². The van der Waals surface area contributed by atoms with Gasteiger partial charge in [0.1, 0.15) is 15.9 Å². The summed E-state index contributed by atoms with van der Waals surface area (Å²) >= 11 is 0. The maximum absolute atomic E-state index is 12.0. The van der Waals surface area contributed by atoms with E-state index >= 15 is 0 Å². The Balaban J connectivity index is 2.64. The molecule has 2 aromatic carbocycles. The minimum absolute atomic E-state index is 0.0847. The molecule has 0 heterocycles. The van der Waals surface area contributed by atoms with Gasteiger partial charge in [-0.25, -0.2) is 13.2 Å². The van der Waals surface area contributed by atoms with Gasteiger partial charge in [-0.05, 0) is 21.8 Å². The average molecular weight is 421 g/mol. The zero-order valence-corrected chi connectivity index (χ0v) is 18.6. The molecule has 0 amide bonds. The number of carboxylic acid groups (broad SMARTS) is 1. The summed E-state index contributed by atoms with van der Waals surface area (Å²) in [4.78, 5) is 12.0. The zero-order chi connectivity index (χ0) is 21.0. The lowest BCUT2D eigenvalue weighted by molar-refractivity contribution is -0.145. The molecule has 0 aromatic heterocycles. The van der Waals surface area contributed by atoms with Crippen LogP contribution in [0.5, 0.6) is 0 Å². The van der Waals surface area contributed by atoms with Crippen LogP contribution in [0.4, 0.5) is 0 Å². The fraction of sp³-hybridized carbons (Fsp3) is 0.381. The first-order valence-electron chi connectivity index (χ1n) is 9.17. The topological polar surface area (TPSA) is 80.7 Å². The van der Waals surface area contributed by atoms with E-state index in [1.165, 1.54) is 0 Å². The largest absolute Gasteiger partial charge is 0.479 e. The van der Waals surface area contributed by atoms with Crippen molar-refractivity contribution in [1.82, 2.24) is 0 Å². The lowest BCUT2D eigenvalue weighted by Crippen LogP contribution is -2.68. The molecule has 0 aliphatic heterocycles. The molecule has 1 unspecified atom stereocenters. The highest BCUT2D eigenvalue weighted by Gasteiger charge is 2.52. The molecule has 28 heavy (non-hydrogen) atoms. The van der Waals surface area contributed by atoms with Crippen LogP contribution in [0, 0.1) is 0 Å². The van der Waals surface area contributed by atoms with Gasteiger partial charge in [0.25, 0.3) is 8.32 Å². The van der Waals surface area contributed by atoms with E-state index in [1.54, 1.807) is 0 Å². The third-order valence-corrected chi connectivity index (χ3v) is 10.8. The Morgan fingerprint density at radius 2 is 1.43 bits per heavy atom. The van der Waals surface area contributed by atoms with E-state index < -0.39 is 30.2 Å². The first kappa shape index (κ1) is 22.3. The highest BCUT2D eigenvalue weighted by atomic mass is 32.2. The zero-order valence-electron chi connectivity index (χ0n) is 16.8. The van der Waals surface area contributed by atoms with Crippen LogP contribution in [-0.4, -0.2) is 45.9 Å². The Morgan fingerprint density at radius 1 is 1.00 bits per heavy atom. The van der Waals surface area contributed by atoms with E-state index in [9.17, 15) is 18.3 Å². The monoisotopic (exact) mass is 420 g/mol. The van der Waals surface area contributed by atoms with E-state index in [-0.39, 0.29) is 17.2 Å². The van der Waals surface area contributed by atoms with Crippen molar-refractivity contribution in [3.05, 3.63) is 60.7 Å². The molecule has 0 saturated carbocycles. The third kappa shape index (κ3) is 5.10. The summed E-state index contributed by atoms with van der Waals surface area (Å²) in [5.74, 6) is -1.38. The van der Waals surface area contributed by atoms with Gasteiger partial charge >= 0.3 is 5.97 Å². The highest BCUT2D eigenvalue weighted by molar-refractivity contribution is 7.90. The van der Waals surface area contributed by atoms with Crippen LogP contribution in [0.3, 0.4) is 0 Å². The molecule has 152 valence electrons. The Bertz CT molecular complexity index is 850. The molecule has 1 atom stereocenters. The van der Waals surface area contributed by atoms with Gasteiger partial charge in [-0.3, -0.25) is 0 Å². The number of aliphatic carboxylic acids is 1. The second kappa shape index (κ2) is 8.59. The van der Waals surface area contributed by atoms with Crippen LogP contribution in [0.25, 0.3) is 0 Å². The van der Waals surface area contributed by atoms with Crippen LogP contribution >= 0.6 is 0 Å². The fourth-order valence-corrected chi connectivity index (χ4v) is 8.76. The Labute approximate surface area is 168 Å². The summed E-state index contributed by atoms with van der Waals surface area (Å²) in [6, 6.07) is 19.4. The number of hydrogen-bond donors (Lipinski definition) is 1. The maximum atomic E-state index is 12.0. The molecule has 0 bridgehead atoms. The molecule has 0 aliphatic carbocycles. The summed E-state index contributed by atoms with van der Waals surface area (Å²) in [6.45, 7) is 6.15. The molecule has 2 rings (SSSR count). The lowest BCUT2D eigenvalue weighted by atomic mass is 10.2. The van der Waals surface area contributed by atoms with Crippen LogP contribution in [0.2, 0.25) is 5.04 Å². The van der Waals surface area contributed by atoms with Crippen molar-refractivity contribution in [2.75, 3.05) is 12.0 Å². The molecule has 0 radical (unpaired) electrons. The van der Waals surface area contributed by atoms with Crippen LogP contribution in [0.1, 0.15) is 27.2 Å². The van der Waals surface area contributed by atoms with Crippen LogP contribution in [-0.2, 0) is 19.1 Å². The van der Waals surface area contributed by atoms with Gasteiger partial charge in [0.05, 0.1) is 5.75 Å². The molecule has 0 aliphatic rings. The molecule has 1 N–H and O–H groups in total. The predicted molar refractivity (Wildman–Crippen MR) is 114 cm³/mol. The van der Waals surface area contributed by atoms with Crippen molar-refractivity contribution < 1.29 is 22.7 Å². The summed E-state index contributed by atoms with van der Waals surface area (Å²) < 4.78 is 29.8. The van der Waals surface area contributed by atoms with Gasteiger partial charge in [0.15, 0.2) is 0 Å². The molecule has 5 nitrogen and oxygen atoms in total. The quantitative estimate of drug-likeness (QED) is 0.664. The fourth-order valence-electron chi connectivity index (χ4n) is 3.46. The van der Waals surface area contributed by atoms with Crippen molar-refractivity contribution in [2.45, 2.75) is 38.3 Å². The number of hydrogen-bond acceptors (Lipinski definition) is 4. The van der Waals surface area contributed by atoms with Gasteiger partial charge < -0.3 is 9.53 Å². The second-order valence-corrected chi connectivity index (χ2v) is 14.5. The smallest absolute Gasteiger partial charge is 0.331 e. The molecule has 7 heteroatoms. The highest BCUT2D eigenvalue weighted by Crippen LogP contribution is 2.37. The minimum Gasteiger partial charge on any atom is -0.479 e. The third-order valence-electron chi connectivity index (χ3n) is 4.76. The van der Waals surface area contributed by atoms with Gasteiger partial charge in [-0.1, -0.05) is 81.4 Å². The molecular formula is C21H28O5SSi. The molecule has 0 spiro atoms. The number of rotatable bonds is 8. The second-order valence-electron chi connectivity index (χ2n) is 8.03. The molecule has 0 fully saturated rings. The summed E-state index contributed by atoms with van der Waals surface area (Å²) in [5, 5.41) is 11.3. The maximum Gasteiger partial charge on any atom is 0.331 e. The molecule has 2 aromatic rings. The Kier molecular flexibility index (Phi) is 6.85. The van der Waals surface area contributed by atoms with Crippen molar-refractivity contribution in [2.24, 2.45) is 0 Å². The van der Waals surface area contributed by atoms with E-state index in [1.807, 2.05) is 60.7 Å². The van der Waals surface area contributed by atoms with E-state index in [0.717, 1.165) is 16.6 Å². The van der Waals surface area contributed by atoms with Crippen molar-refractivity contribution in [3.8, 4) is 0 Å². The van der Waals surface area contributed by atoms with E-state index in [0.29, 0.717) is 0 Å². The van der Waals surface area contributed by atoms with Crippen molar-refractivity contribution in [3.63, 3.8) is 0 Å². The number of sulfone groups is 1. The van der Waals surface area contributed by atoms with Gasteiger partial charge in [0, 0.05) is 6.26 Å². The summed E-state index contributed by atoms with van der Waals surface area (Å²) in [7, 11) is -6.35. The van der Waals surface area contributed by atoms with Gasteiger partial charge in [0.2, 0.25) is 0 Å². The Morgan fingerprint density at radius 3 is 1.75 bits per heavy atom. The van der Waals surface area contributed by atoms with Gasteiger partial charge in [-0.15, -0.1) is 0 Å². The summed E-state index contributed by atoms with van der Waals surface area (Å²) in [5.41, 5.74) is 0. The van der Waals surface area contributed by atoms with E-state index in [2.05, 4.69) is 20.8 Å². The lowest BCUT2D eigenvalue weighted by Gasteiger charge is -2.44. The first-order valence-corrected chi connectivity index (χ1v) is 13.1. The number of carbonyl (C=O) groups is 1.